The lowest BCUT2D eigenvalue weighted by Crippen LogP contribution is -2.40. The van der Waals surface area contributed by atoms with E-state index in [4.69, 9.17) is 0 Å². The van der Waals surface area contributed by atoms with Crippen LogP contribution in [0.1, 0.15) is 6.42 Å². The highest BCUT2D eigenvalue weighted by atomic mass is 32.2. The molecule has 0 aromatic heterocycles. The van der Waals surface area contributed by atoms with E-state index in [-0.39, 0.29) is 12.5 Å². The SMILES string of the molecule is CN(CC(=O)NC[C@H]1CCN(c2ccccc2)C1)S(C)(=O)=O. The molecule has 1 aromatic rings. The maximum absolute atomic E-state index is 11.8. The minimum atomic E-state index is -3.32. The van der Waals surface area contributed by atoms with Crippen molar-refractivity contribution in [2.45, 2.75) is 6.42 Å². The first-order chi connectivity index (χ1) is 10.4. The van der Waals surface area contributed by atoms with Gasteiger partial charge in [0.2, 0.25) is 15.9 Å². The summed E-state index contributed by atoms with van der Waals surface area (Å²) in [6.45, 7) is 2.34. The first-order valence-electron chi connectivity index (χ1n) is 7.34. The topological polar surface area (TPSA) is 69.7 Å². The van der Waals surface area contributed by atoms with Gasteiger partial charge < -0.3 is 10.2 Å². The van der Waals surface area contributed by atoms with Crippen LogP contribution in [0, 0.1) is 5.92 Å². The first-order valence-corrected chi connectivity index (χ1v) is 9.19. The molecule has 2 rings (SSSR count). The van der Waals surface area contributed by atoms with Crippen LogP contribution in [-0.2, 0) is 14.8 Å². The van der Waals surface area contributed by atoms with E-state index in [1.54, 1.807) is 0 Å². The molecule has 0 saturated carbocycles. The number of para-hydroxylation sites is 1. The third-order valence-corrected chi connectivity index (χ3v) is 5.19. The Kier molecular flexibility index (Phi) is 5.42. The molecule has 0 unspecified atom stereocenters. The van der Waals surface area contributed by atoms with Crippen LogP contribution in [0.15, 0.2) is 30.3 Å². The Balaban J connectivity index is 1.76. The molecular formula is C15H23N3O3S. The Morgan fingerprint density at radius 1 is 1.36 bits per heavy atom. The molecule has 7 heteroatoms. The van der Waals surface area contributed by atoms with Crippen LogP contribution >= 0.6 is 0 Å². The van der Waals surface area contributed by atoms with Crippen molar-refractivity contribution >= 4 is 21.6 Å². The van der Waals surface area contributed by atoms with Crippen molar-refractivity contribution in [3.05, 3.63) is 30.3 Å². The van der Waals surface area contributed by atoms with Crippen molar-refractivity contribution < 1.29 is 13.2 Å². The Labute approximate surface area is 132 Å². The fourth-order valence-corrected chi connectivity index (χ4v) is 2.86. The number of nitrogens with zero attached hydrogens (tertiary/aromatic N) is 2. The number of benzene rings is 1. The number of hydrogen-bond acceptors (Lipinski definition) is 4. The Morgan fingerprint density at radius 3 is 2.68 bits per heavy atom. The second-order valence-electron chi connectivity index (χ2n) is 5.76. The van der Waals surface area contributed by atoms with Gasteiger partial charge in [0.15, 0.2) is 0 Å². The summed E-state index contributed by atoms with van der Waals surface area (Å²) in [5.41, 5.74) is 1.20. The van der Waals surface area contributed by atoms with Gasteiger partial charge in [-0.25, -0.2) is 8.42 Å². The minimum Gasteiger partial charge on any atom is -0.371 e. The van der Waals surface area contributed by atoms with E-state index in [2.05, 4.69) is 22.3 Å². The predicted octanol–water partition coefficient (Wildman–Crippen LogP) is 0.520. The molecule has 1 fully saturated rings. The number of nitrogens with one attached hydrogen (secondary N) is 1. The summed E-state index contributed by atoms with van der Waals surface area (Å²) in [7, 11) is -1.91. The van der Waals surface area contributed by atoms with Gasteiger partial charge in [-0.15, -0.1) is 0 Å². The second kappa shape index (κ2) is 7.11. The van der Waals surface area contributed by atoms with Crippen molar-refractivity contribution in [2.24, 2.45) is 5.92 Å². The average Bonchev–Trinajstić information content (AvgIpc) is 2.94. The van der Waals surface area contributed by atoms with E-state index in [1.807, 2.05) is 18.2 Å². The van der Waals surface area contributed by atoms with Gasteiger partial charge in [-0.2, -0.15) is 4.31 Å². The zero-order chi connectivity index (χ0) is 16.2. The highest BCUT2D eigenvalue weighted by molar-refractivity contribution is 7.88. The molecule has 0 aliphatic carbocycles. The van der Waals surface area contributed by atoms with Gasteiger partial charge in [0, 0.05) is 32.4 Å². The molecule has 1 aliphatic heterocycles. The maximum Gasteiger partial charge on any atom is 0.235 e. The molecule has 1 aliphatic rings. The van der Waals surface area contributed by atoms with Crippen LogP contribution in [0.4, 0.5) is 5.69 Å². The molecule has 1 heterocycles. The highest BCUT2D eigenvalue weighted by Crippen LogP contribution is 2.22. The molecule has 1 aromatic carbocycles. The van der Waals surface area contributed by atoms with Gasteiger partial charge >= 0.3 is 0 Å². The largest absolute Gasteiger partial charge is 0.371 e. The van der Waals surface area contributed by atoms with Gasteiger partial charge in [0.1, 0.15) is 0 Å². The van der Waals surface area contributed by atoms with E-state index >= 15 is 0 Å². The van der Waals surface area contributed by atoms with Gasteiger partial charge in [-0.1, -0.05) is 18.2 Å². The van der Waals surface area contributed by atoms with Crippen molar-refractivity contribution in [1.82, 2.24) is 9.62 Å². The molecule has 1 N–H and O–H groups in total. The van der Waals surface area contributed by atoms with Crippen molar-refractivity contribution in [3.8, 4) is 0 Å². The maximum atomic E-state index is 11.8. The third kappa shape index (κ3) is 4.71. The Bertz CT molecular complexity index is 604. The summed E-state index contributed by atoms with van der Waals surface area (Å²) >= 11 is 0. The van der Waals surface area contributed by atoms with Crippen LogP contribution < -0.4 is 10.2 Å². The number of likely N-dealkylation sites (N-methyl/N-ethyl adjacent to an activating group) is 1. The fourth-order valence-electron chi connectivity index (χ4n) is 2.51. The van der Waals surface area contributed by atoms with E-state index < -0.39 is 10.0 Å². The minimum absolute atomic E-state index is 0.131. The van der Waals surface area contributed by atoms with E-state index in [0.29, 0.717) is 12.5 Å². The first kappa shape index (κ1) is 16.8. The summed E-state index contributed by atoms with van der Waals surface area (Å²) in [5.74, 6) is 0.138. The lowest BCUT2D eigenvalue weighted by molar-refractivity contribution is -0.121. The summed E-state index contributed by atoms with van der Waals surface area (Å²) in [4.78, 5) is 14.1. The van der Waals surface area contributed by atoms with E-state index in [9.17, 15) is 13.2 Å². The molecule has 0 spiro atoms. The summed E-state index contributed by atoms with van der Waals surface area (Å²) in [6, 6.07) is 10.2. The van der Waals surface area contributed by atoms with Crippen molar-refractivity contribution in [3.63, 3.8) is 0 Å². The molecule has 22 heavy (non-hydrogen) atoms. The van der Waals surface area contributed by atoms with Crippen LogP contribution in [0.3, 0.4) is 0 Å². The fraction of sp³-hybridized carbons (Fsp3) is 0.533. The van der Waals surface area contributed by atoms with Gasteiger partial charge in [-0.05, 0) is 24.5 Å². The number of carbonyl (C=O) groups is 1. The number of anilines is 1. The second-order valence-corrected chi connectivity index (χ2v) is 7.85. The quantitative estimate of drug-likeness (QED) is 0.828. The highest BCUT2D eigenvalue weighted by Gasteiger charge is 2.23. The zero-order valence-electron chi connectivity index (χ0n) is 13.0. The molecule has 1 atom stereocenters. The molecule has 122 valence electrons. The number of carbonyl (C=O) groups excluding carboxylic acids is 1. The average molecular weight is 325 g/mol. The summed E-state index contributed by atoms with van der Waals surface area (Å²) in [5, 5.41) is 2.83. The Hall–Kier alpha value is -1.60. The number of sulfonamides is 1. The lowest BCUT2D eigenvalue weighted by atomic mass is 10.1. The molecular weight excluding hydrogens is 302 g/mol. The molecule has 0 radical (unpaired) electrons. The standard InChI is InChI=1S/C15H23N3O3S/c1-17(22(2,20)21)12-15(19)16-10-13-8-9-18(11-13)14-6-4-3-5-7-14/h3-7,13H,8-12H2,1-2H3,(H,16,19)/t13-/m1/s1. The number of hydrogen-bond donors (Lipinski definition) is 1. The summed E-state index contributed by atoms with van der Waals surface area (Å²) in [6.07, 6.45) is 2.12. The molecule has 6 nitrogen and oxygen atoms in total. The lowest BCUT2D eigenvalue weighted by Gasteiger charge is -2.19. The monoisotopic (exact) mass is 325 g/mol. The number of rotatable bonds is 6. The van der Waals surface area contributed by atoms with Crippen molar-refractivity contribution in [1.29, 1.82) is 0 Å². The van der Waals surface area contributed by atoms with Gasteiger partial charge in [0.05, 0.1) is 12.8 Å². The summed E-state index contributed by atoms with van der Waals surface area (Å²) < 4.78 is 23.6. The van der Waals surface area contributed by atoms with Gasteiger partial charge in [-0.3, -0.25) is 4.79 Å². The van der Waals surface area contributed by atoms with E-state index in [1.165, 1.54) is 12.7 Å². The zero-order valence-corrected chi connectivity index (χ0v) is 13.8. The Morgan fingerprint density at radius 2 is 2.05 bits per heavy atom. The smallest absolute Gasteiger partial charge is 0.235 e. The van der Waals surface area contributed by atoms with E-state index in [0.717, 1.165) is 30.1 Å². The number of amides is 1. The van der Waals surface area contributed by atoms with Crippen LogP contribution in [0.5, 0.6) is 0 Å². The van der Waals surface area contributed by atoms with Crippen LogP contribution in [-0.4, -0.2) is 58.1 Å². The van der Waals surface area contributed by atoms with Gasteiger partial charge in [0.25, 0.3) is 0 Å². The van der Waals surface area contributed by atoms with Crippen LogP contribution in [0.25, 0.3) is 0 Å². The predicted molar refractivity (Wildman–Crippen MR) is 87.2 cm³/mol. The molecule has 1 amide bonds. The third-order valence-electron chi connectivity index (χ3n) is 3.93. The normalized spacial score (nSPS) is 18.7. The molecule has 0 bridgehead atoms. The van der Waals surface area contributed by atoms with Crippen LogP contribution in [0.2, 0.25) is 0 Å². The molecule has 1 saturated heterocycles. The van der Waals surface area contributed by atoms with Crippen molar-refractivity contribution in [2.75, 3.05) is 44.4 Å².